The molecule has 0 amide bonds. The van der Waals surface area contributed by atoms with Crippen LogP contribution in [0.4, 0.5) is 0 Å². The fourth-order valence-corrected chi connectivity index (χ4v) is 1.03. The summed E-state index contributed by atoms with van der Waals surface area (Å²) >= 11 is 10.8. The van der Waals surface area contributed by atoms with Gasteiger partial charge in [0.25, 0.3) is 11.9 Å². The minimum atomic E-state index is -0.833. The predicted octanol–water partition coefficient (Wildman–Crippen LogP) is 2.59. The number of phenolic OH excluding ortho intramolecular Hbond substituents is 2. The van der Waals surface area contributed by atoms with Gasteiger partial charge in [0.15, 0.2) is 5.75 Å². The molecule has 1 aromatic carbocycles. The van der Waals surface area contributed by atoms with Crippen molar-refractivity contribution in [2.45, 2.75) is 13.8 Å². The van der Waals surface area contributed by atoms with E-state index in [-0.39, 0.29) is 21.5 Å². The lowest BCUT2D eigenvalue weighted by atomic mass is 10.3. The minimum absolute atomic E-state index is 0.0463. The molecule has 0 spiro atoms. The summed E-state index contributed by atoms with van der Waals surface area (Å²) in [6.07, 6.45) is 0. The van der Waals surface area contributed by atoms with E-state index >= 15 is 0 Å². The number of carbonyl (C=O) groups is 2. The summed E-state index contributed by atoms with van der Waals surface area (Å²) in [6, 6.07) is 2.42. The normalized spacial score (nSPS) is 8.22. The molecule has 0 saturated heterocycles. The van der Waals surface area contributed by atoms with E-state index in [4.69, 9.17) is 53.2 Å². The highest BCUT2D eigenvalue weighted by Crippen LogP contribution is 2.34. The lowest BCUT2D eigenvalue weighted by Crippen LogP contribution is -1.78. The van der Waals surface area contributed by atoms with Crippen molar-refractivity contribution in [2.24, 2.45) is 0 Å². The number of rotatable bonds is 0. The SMILES string of the molecule is CC(=O)O.CC(=O)O.Oc1cc(Cl)c(O)c(Cl)c1. The zero-order chi connectivity index (χ0) is 14.9. The van der Waals surface area contributed by atoms with Crippen LogP contribution in [0.15, 0.2) is 12.1 Å². The lowest BCUT2D eigenvalue weighted by molar-refractivity contribution is -0.135. The van der Waals surface area contributed by atoms with Crippen molar-refractivity contribution < 1.29 is 30.0 Å². The van der Waals surface area contributed by atoms with Crippen LogP contribution in [-0.2, 0) is 9.59 Å². The first-order valence-electron chi connectivity index (χ1n) is 4.34. The standard InChI is InChI=1S/C6H4Cl2O2.2C2H4O2/c7-4-1-3(9)2-5(8)6(4)10;2*1-2(3)4/h1-2,9-10H;2*1H3,(H,3,4). The maximum atomic E-state index is 9.00. The molecule has 0 aliphatic rings. The van der Waals surface area contributed by atoms with E-state index in [1.54, 1.807) is 0 Å². The maximum Gasteiger partial charge on any atom is 0.300 e. The van der Waals surface area contributed by atoms with E-state index in [1.165, 1.54) is 12.1 Å². The molecule has 0 atom stereocenters. The van der Waals surface area contributed by atoms with E-state index in [9.17, 15) is 0 Å². The summed E-state index contributed by atoms with van der Waals surface area (Å²) in [5, 5.41) is 32.7. The van der Waals surface area contributed by atoms with Gasteiger partial charge in [-0.2, -0.15) is 0 Å². The Kier molecular flexibility index (Phi) is 9.74. The van der Waals surface area contributed by atoms with E-state index < -0.39 is 11.9 Å². The first-order chi connectivity index (χ1) is 8.07. The first kappa shape index (κ1) is 18.7. The largest absolute Gasteiger partial charge is 0.508 e. The number of carboxylic acids is 2. The number of benzene rings is 1. The summed E-state index contributed by atoms with van der Waals surface area (Å²) in [4.78, 5) is 18.0. The number of aliphatic carboxylic acids is 2. The van der Waals surface area contributed by atoms with Crippen molar-refractivity contribution >= 4 is 35.1 Å². The van der Waals surface area contributed by atoms with Crippen LogP contribution in [0.3, 0.4) is 0 Å². The molecule has 1 rings (SSSR count). The third-order valence-corrected chi connectivity index (χ3v) is 1.58. The fourth-order valence-electron chi connectivity index (χ4n) is 0.552. The molecule has 8 heteroatoms. The molecule has 0 radical (unpaired) electrons. The van der Waals surface area contributed by atoms with Gasteiger partial charge in [0.05, 0.1) is 10.0 Å². The van der Waals surface area contributed by atoms with Crippen LogP contribution < -0.4 is 0 Å². The van der Waals surface area contributed by atoms with Crippen LogP contribution in [0.1, 0.15) is 13.8 Å². The van der Waals surface area contributed by atoms with Gasteiger partial charge in [0, 0.05) is 26.0 Å². The van der Waals surface area contributed by atoms with Crippen molar-refractivity contribution in [1.29, 1.82) is 0 Å². The molecule has 1 aromatic rings. The number of phenols is 2. The molecule has 0 fully saturated rings. The van der Waals surface area contributed by atoms with Crippen LogP contribution >= 0.6 is 23.2 Å². The molecule has 102 valence electrons. The highest BCUT2D eigenvalue weighted by atomic mass is 35.5. The minimum Gasteiger partial charge on any atom is -0.508 e. The number of hydrogen-bond donors (Lipinski definition) is 4. The highest BCUT2D eigenvalue weighted by Gasteiger charge is 2.04. The first-order valence-corrected chi connectivity index (χ1v) is 5.09. The molecule has 4 N–H and O–H groups in total. The molecular weight excluding hydrogens is 287 g/mol. The van der Waals surface area contributed by atoms with E-state index in [1.807, 2.05) is 0 Å². The van der Waals surface area contributed by atoms with Gasteiger partial charge in [0.2, 0.25) is 0 Å². The summed E-state index contributed by atoms with van der Waals surface area (Å²) < 4.78 is 0. The van der Waals surface area contributed by atoms with Gasteiger partial charge in [-0.15, -0.1) is 0 Å². The van der Waals surface area contributed by atoms with Crippen LogP contribution in [0.2, 0.25) is 10.0 Å². The monoisotopic (exact) mass is 298 g/mol. The average molecular weight is 299 g/mol. The number of carboxylic acid groups (broad SMARTS) is 2. The Morgan fingerprint density at radius 1 is 0.944 bits per heavy atom. The molecule has 0 unspecified atom stereocenters. The third-order valence-electron chi connectivity index (χ3n) is 1.00. The van der Waals surface area contributed by atoms with Crippen LogP contribution in [-0.4, -0.2) is 32.4 Å². The van der Waals surface area contributed by atoms with Crippen LogP contribution in [0.25, 0.3) is 0 Å². The van der Waals surface area contributed by atoms with Crippen molar-refractivity contribution in [3.63, 3.8) is 0 Å². The van der Waals surface area contributed by atoms with Crippen LogP contribution in [0, 0.1) is 0 Å². The Labute approximate surface area is 113 Å². The Morgan fingerprint density at radius 2 is 1.17 bits per heavy atom. The van der Waals surface area contributed by atoms with Gasteiger partial charge in [-0.25, -0.2) is 0 Å². The van der Waals surface area contributed by atoms with E-state index in [0.29, 0.717) is 0 Å². The Bertz CT molecular complexity index is 376. The van der Waals surface area contributed by atoms with Gasteiger partial charge in [-0.1, -0.05) is 23.2 Å². The van der Waals surface area contributed by atoms with Crippen LogP contribution in [0.5, 0.6) is 11.5 Å². The maximum absolute atomic E-state index is 9.00. The summed E-state index contributed by atoms with van der Waals surface area (Å²) in [5.74, 6) is -1.94. The van der Waals surface area contributed by atoms with Crippen molar-refractivity contribution in [2.75, 3.05) is 0 Å². The smallest absolute Gasteiger partial charge is 0.300 e. The number of hydrogen-bond acceptors (Lipinski definition) is 4. The number of aromatic hydroxyl groups is 2. The quantitative estimate of drug-likeness (QED) is 0.547. The second-order valence-corrected chi connectivity index (χ2v) is 3.61. The number of halogens is 2. The Morgan fingerprint density at radius 3 is 1.39 bits per heavy atom. The molecule has 0 bridgehead atoms. The molecule has 0 saturated carbocycles. The lowest BCUT2D eigenvalue weighted by Gasteiger charge is -1.98. The second kappa shape index (κ2) is 9.38. The van der Waals surface area contributed by atoms with Gasteiger partial charge in [-0.3, -0.25) is 9.59 Å². The van der Waals surface area contributed by atoms with Crippen molar-refractivity contribution in [3.05, 3.63) is 22.2 Å². The van der Waals surface area contributed by atoms with Gasteiger partial charge >= 0.3 is 0 Å². The topological polar surface area (TPSA) is 115 Å². The molecule has 0 heterocycles. The van der Waals surface area contributed by atoms with Gasteiger partial charge < -0.3 is 20.4 Å². The third kappa shape index (κ3) is 12.4. The summed E-state index contributed by atoms with van der Waals surface area (Å²) in [6.45, 7) is 2.17. The van der Waals surface area contributed by atoms with Gasteiger partial charge in [0.1, 0.15) is 5.75 Å². The van der Waals surface area contributed by atoms with E-state index in [0.717, 1.165) is 13.8 Å². The molecule has 0 aliphatic heterocycles. The average Bonchev–Trinajstić information content (AvgIpc) is 2.11. The molecule has 0 aromatic heterocycles. The van der Waals surface area contributed by atoms with Gasteiger partial charge in [-0.05, 0) is 0 Å². The fraction of sp³-hybridized carbons (Fsp3) is 0.200. The zero-order valence-electron chi connectivity index (χ0n) is 9.52. The summed E-state index contributed by atoms with van der Waals surface area (Å²) in [5.41, 5.74) is 0. The Balaban J connectivity index is 0. The zero-order valence-corrected chi connectivity index (χ0v) is 11.0. The molecule has 0 aliphatic carbocycles. The van der Waals surface area contributed by atoms with Crippen molar-refractivity contribution in [3.8, 4) is 11.5 Å². The molecular formula is C10H12Cl2O6. The predicted molar refractivity (Wildman–Crippen MR) is 66.4 cm³/mol. The molecule has 18 heavy (non-hydrogen) atoms. The highest BCUT2D eigenvalue weighted by molar-refractivity contribution is 6.37. The van der Waals surface area contributed by atoms with Crippen molar-refractivity contribution in [1.82, 2.24) is 0 Å². The Hall–Kier alpha value is -1.66. The summed E-state index contributed by atoms with van der Waals surface area (Å²) in [7, 11) is 0. The van der Waals surface area contributed by atoms with E-state index in [2.05, 4.69) is 0 Å². The second-order valence-electron chi connectivity index (χ2n) is 2.80. The molecule has 6 nitrogen and oxygen atoms in total.